The quantitative estimate of drug-likeness (QED) is 0.463. The third kappa shape index (κ3) is 3.38. The van der Waals surface area contributed by atoms with Crippen LogP contribution in [0, 0.1) is 0 Å². The summed E-state index contributed by atoms with van der Waals surface area (Å²) < 4.78 is 0. The highest BCUT2D eigenvalue weighted by Crippen LogP contribution is 2.38. The highest BCUT2D eigenvalue weighted by molar-refractivity contribution is 6.01. The first kappa shape index (κ1) is 16.8. The van der Waals surface area contributed by atoms with Gasteiger partial charge in [-0.05, 0) is 45.5 Å². The Morgan fingerprint density at radius 3 is 1.30 bits per heavy atom. The maximum absolute atomic E-state index is 12.0. The van der Waals surface area contributed by atoms with Crippen molar-refractivity contribution in [2.45, 2.75) is 0 Å². The van der Waals surface area contributed by atoms with E-state index in [4.69, 9.17) is 0 Å². The van der Waals surface area contributed by atoms with Gasteiger partial charge in [-0.25, -0.2) is 4.79 Å². The van der Waals surface area contributed by atoms with Gasteiger partial charge in [0.1, 0.15) is 0 Å². The third-order valence-corrected chi connectivity index (χ3v) is 4.64. The molecule has 0 bridgehead atoms. The predicted octanol–water partition coefficient (Wildman–Crippen LogP) is 6.39. The smallest absolute Gasteiger partial charge is 0.336 e. The normalized spacial score (nSPS) is 10.5. The third-order valence-electron chi connectivity index (χ3n) is 4.64. The van der Waals surface area contributed by atoms with Gasteiger partial charge in [-0.15, -0.1) is 0 Å². The van der Waals surface area contributed by atoms with Gasteiger partial charge < -0.3 is 5.11 Å². The molecule has 0 fully saturated rings. The van der Waals surface area contributed by atoms with Gasteiger partial charge in [0.2, 0.25) is 0 Å². The topological polar surface area (TPSA) is 37.3 Å². The van der Waals surface area contributed by atoms with Gasteiger partial charge in [0.25, 0.3) is 0 Å². The Morgan fingerprint density at radius 2 is 0.889 bits per heavy atom. The monoisotopic (exact) mass is 350 g/mol. The molecule has 130 valence electrons. The lowest BCUT2D eigenvalue weighted by Gasteiger charge is -2.16. The first-order valence-corrected chi connectivity index (χ1v) is 8.81. The second kappa shape index (κ2) is 7.30. The number of benzene rings is 4. The molecule has 0 aliphatic rings. The summed E-state index contributed by atoms with van der Waals surface area (Å²) in [6.45, 7) is 0. The molecule has 4 rings (SSSR count). The molecule has 0 aliphatic heterocycles. The second-order valence-corrected chi connectivity index (χ2v) is 6.35. The maximum Gasteiger partial charge on any atom is 0.336 e. The van der Waals surface area contributed by atoms with Crippen molar-refractivity contribution in [2.24, 2.45) is 0 Å². The molecule has 0 saturated carbocycles. The summed E-state index contributed by atoms with van der Waals surface area (Å²) in [5, 5.41) is 9.86. The summed E-state index contributed by atoms with van der Waals surface area (Å²) in [5.74, 6) is -0.925. The van der Waals surface area contributed by atoms with Gasteiger partial charge in [-0.3, -0.25) is 0 Å². The first-order valence-electron chi connectivity index (χ1n) is 8.81. The SMILES string of the molecule is O=C(O)c1cc(-c2ccccc2)c(-c2ccccc2)cc1-c1ccccc1. The summed E-state index contributed by atoms with van der Waals surface area (Å²) in [6, 6.07) is 33.5. The zero-order valence-corrected chi connectivity index (χ0v) is 14.7. The van der Waals surface area contributed by atoms with Crippen LogP contribution in [-0.2, 0) is 0 Å². The molecule has 0 aliphatic carbocycles. The largest absolute Gasteiger partial charge is 0.478 e. The molecule has 0 amide bonds. The molecule has 2 heteroatoms. The molecular formula is C25H18O2. The number of aromatic carboxylic acids is 1. The molecule has 4 aromatic rings. The maximum atomic E-state index is 12.0. The molecule has 0 aromatic heterocycles. The van der Waals surface area contributed by atoms with Crippen LogP contribution >= 0.6 is 0 Å². The van der Waals surface area contributed by atoms with Crippen LogP contribution in [0.4, 0.5) is 0 Å². The van der Waals surface area contributed by atoms with Crippen molar-refractivity contribution in [1.29, 1.82) is 0 Å². The molecule has 2 nitrogen and oxygen atoms in total. The van der Waals surface area contributed by atoms with Crippen molar-refractivity contribution in [3.05, 3.63) is 109 Å². The van der Waals surface area contributed by atoms with E-state index in [1.807, 2.05) is 84.9 Å². The lowest BCUT2D eigenvalue weighted by molar-refractivity contribution is 0.0698. The van der Waals surface area contributed by atoms with Crippen LogP contribution in [0.1, 0.15) is 10.4 Å². The fourth-order valence-corrected chi connectivity index (χ4v) is 3.35. The molecule has 27 heavy (non-hydrogen) atoms. The fraction of sp³-hybridized carbons (Fsp3) is 0. The minimum absolute atomic E-state index is 0.305. The van der Waals surface area contributed by atoms with Crippen molar-refractivity contribution in [1.82, 2.24) is 0 Å². The van der Waals surface area contributed by atoms with Gasteiger partial charge in [0.05, 0.1) is 5.56 Å². The van der Waals surface area contributed by atoms with E-state index in [-0.39, 0.29) is 0 Å². The van der Waals surface area contributed by atoms with Gasteiger partial charge in [-0.2, -0.15) is 0 Å². The Morgan fingerprint density at radius 1 is 0.519 bits per heavy atom. The number of carbonyl (C=O) groups is 1. The zero-order valence-electron chi connectivity index (χ0n) is 14.7. The lowest BCUT2D eigenvalue weighted by atomic mass is 9.88. The Hall–Kier alpha value is -3.65. The minimum atomic E-state index is -0.925. The molecular weight excluding hydrogens is 332 g/mol. The number of hydrogen-bond acceptors (Lipinski definition) is 1. The Kier molecular flexibility index (Phi) is 4.54. The first-order chi connectivity index (χ1) is 13.2. The van der Waals surface area contributed by atoms with Gasteiger partial charge in [-0.1, -0.05) is 91.0 Å². The van der Waals surface area contributed by atoms with Crippen molar-refractivity contribution in [3.8, 4) is 33.4 Å². The number of hydrogen-bond donors (Lipinski definition) is 1. The zero-order chi connectivity index (χ0) is 18.6. The van der Waals surface area contributed by atoms with Gasteiger partial charge in [0, 0.05) is 0 Å². The summed E-state index contributed by atoms with van der Waals surface area (Å²) in [4.78, 5) is 12.0. The standard InChI is InChI=1S/C25H18O2/c26-25(27)24-17-22(19-12-6-2-7-13-19)21(18-10-4-1-5-11-18)16-23(24)20-14-8-3-9-15-20/h1-17H,(H,26,27). The highest BCUT2D eigenvalue weighted by atomic mass is 16.4. The molecule has 1 N–H and O–H groups in total. The molecule has 0 radical (unpaired) electrons. The van der Waals surface area contributed by atoms with E-state index < -0.39 is 5.97 Å². The van der Waals surface area contributed by atoms with Crippen molar-refractivity contribution in [3.63, 3.8) is 0 Å². The van der Waals surface area contributed by atoms with Crippen molar-refractivity contribution >= 4 is 5.97 Å². The number of carboxylic acids is 1. The minimum Gasteiger partial charge on any atom is -0.478 e. The summed E-state index contributed by atoms with van der Waals surface area (Å²) in [7, 11) is 0. The second-order valence-electron chi connectivity index (χ2n) is 6.35. The molecule has 4 aromatic carbocycles. The van der Waals surface area contributed by atoms with E-state index >= 15 is 0 Å². The lowest BCUT2D eigenvalue weighted by Crippen LogP contribution is -2.02. The summed E-state index contributed by atoms with van der Waals surface area (Å²) >= 11 is 0. The van der Waals surface area contributed by atoms with E-state index in [1.54, 1.807) is 6.07 Å². The van der Waals surface area contributed by atoms with E-state index in [0.717, 1.165) is 33.4 Å². The highest BCUT2D eigenvalue weighted by Gasteiger charge is 2.18. The average Bonchev–Trinajstić information content (AvgIpc) is 2.74. The van der Waals surface area contributed by atoms with Crippen molar-refractivity contribution in [2.75, 3.05) is 0 Å². The van der Waals surface area contributed by atoms with E-state index in [0.29, 0.717) is 5.56 Å². The molecule has 0 saturated heterocycles. The van der Waals surface area contributed by atoms with E-state index in [1.165, 1.54) is 0 Å². The van der Waals surface area contributed by atoms with Crippen LogP contribution in [0.3, 0.4) is 0 Å². The molecule has 0 unspecified atom stereocenters. The number of carboxylic acid groups (broad SMARTS) is 1. The van der Waals surface area contributed by atoms with Crippen molar-refractivity contribution < 1.29 is 9.90 Å². The summed E-state index contributed by atoms with van der Waals surface area (Å²) in [6.07, 6.45) is 0. The van der Waals surface area contributed by atoms with Crippen LogP contribution in [-0.4, -0.2) is 11.1 Å². The van der Waals surface area contributed by atoms with Gasteiger partial charge >= 0.3 is 5.97 Å². The Bertz CT molecular complexity index is 1070. The van der Waals surface area contributed by atoms with Crippen LogP contribution in [0.25, 0.3) is 33.4 Å². The van der Waals surface area contributed by atoms with Crippen LogP contribution in [0.15, 0.2) is 103 Å². The fourth-order valence-electron chi connectivity index (χ4n) is 3.35. The van der Waals surface area contributed by atoms with E-state index in [2.05, 4.69) is 12.1 Å². The molecule has 0 heterocycles. The van der Waals surface area contributed by atoms with Crippen LogP contribution in [0.2, 0.25) is 0 Å². The van der Waals surface area contributed by atoms with Gasteiger partial charge in [0.15, 0.2) is 0 Å². The Balaban J connectivity index is 2.04. The van der Waals surface area contributed by atoms with Crippen LogP contribution in [0.5, 0.6) is 0 Å². The average molecular weight is 350 g/mol. The molecule has 0 atom stereocenters. The van der Waals surface area contributed by atoms with Crippen LogP contribution < -0.4 is 0 Å². The number of rotatable bonds is 4. The Labute approximate surface area is 158 Å². The predicted molar refractivity (Wildman–Crippen MR) is 110 cm³/mol. The molecule has 0 spiro atoms. The summed E-state index contributed by atoms with van der Waals surface area (Å²) in [5.41, 5.74) is 5.92. The van der Waals surface area contributed by atoms with E-state index in [9.17, 15) is 9.90 Å².